The second-order valence-corrected chi connectivity index (χ2v) is 7.08. The van der Waals surface area contributed by atoms with Gasteiger partial charge in [-0.3, -0.25) is 0 Å². The summed E-state index contributed by atoms with van der Waals surface area (Å²) in [5.74, 6) is -0.267. The monoisotopic (exact) mass is 407 g/mol. The Bertz CT molecular complexity index is 1000. The fraction of sp³-hybridized carbons (Fsp3) is 0.240. The van der Waals surface area contributed by atoms with Crippen molar-refractivity contribution in [3.05, 3.63) is 94.3 Å². The van der Waals surface area contributed by atoms with Crippen LogP contribution in [0.25, 0.3) is 0 Å². The van der Waals surface area contributed by atoms with Crippen molar-refractivity contribution in [2.45, 2.75) is 26.9 Å². The Kier molecular flexibility index (Phi) is 7.20. The first-order chi connectivity index (χ1) is 14.5. The maximum Gasteiger partial charge on any atom is 0.347 e. The first-order valence-corrected chi connectivity index (χ1v) is 9.93. The first-order valence-electron chi connectivity index (χ1n) is 9.93. The van der Waals surface area contributed by atoms with Gasteiger partial charge in [-0.2, -0.15) is 0 Å². The Hall–Kier alpha value is -3.18. The molecule has 0 amide bonds. The lowest BCUT2D eigenvalue weighted by Crippen LogP contribution is -2.18. The predicted molar refractivity (Wildman–Crippen MR) is 116 cm³/mol. The molecule has 4 nitrogen and oxygen atoms in total. The summed E-state index contributed by atoms with van der Waals surface area (Å²) in [5.41, 5.74) is 2.47. The van der Waals surface area contributed by atoms with E-state index in [1.165, 1.54) is 0 Å². The van der Waals surface area contributed by atoms with Crippen LogP contribution in [0.3, 0.4) is 0 Å². The van der Waals surface area contributed by atoms with E-state index in [1.807, 2.05) is 43.4 Å². The van der Waals surface area contributed by atoms with Crippen LogP contribution in [0.4, 0.5) is 4.39 Å². The van der Waals surface area contributed by atoms with E-state index in [1.54, 1.807) is 38.1 Å². The van der Waals surface area contributed by atoms with E-state index in [4.69, 9.17) is 9.47 Å². The molecule has 156 valence electrons. The number of ether oxygens (including phenoxy) is 2. The molecule has 0 saturated carbocycles. The van der Waals surface area contributed by atoms with Gasteiger partial charge in [-0.25, -0.2) is 9.18 Å². The van der Waals surface area contributed by atoms with Gasteiger partial charge in [0.05, 0.1) is 0 Å². The van der Waals surface area contributed by atoms with E-state index >= 15 is 4.39 Å². The Morgan fingerprint density at radius 2 is 1.60 bits per heavy atom. The summed E-state index contributed by atoms with van der Waals surface area (Å²) in [6.07, 6.45) is 0.491. The number of para-hydroxylation sites is 1. The topological polar surface area (TPSA) is 47.6 Å². The molecule has 0 aliphatic heterocycles. The first kappa shape index (κ1) is 21.5. The molecule has 1 N–H and O–H groups in total. The van der Waals surface area contributed by atoms with Crippen LogP contribution in [0.1, 0.15) is 32.6 Å². The lowest BCUT2D eigenvalue weighted by atomic mass is 9.95. The largest absolute Gasteiger partial charge is 0.488 e. The van der Waals surface area contributed by atoms with Crippen molar-refractivity contribution in [2.24, 2.45) is 0 Å². The van der Waals surface area contributed by atoms with Crippen molar-refractivity contribution in [2.75, 3.05) is 13.6 Å². The average molecular weight is 407 g/mol. The molecule has 5 heteroatoms. The molecule has 30 heavy (non-hydrogen) atoms. The van der Waals surface area contributed by atoms with Crippen molar-refractivity contribution >= 4 is 5.97 Å². The van der Waals surface area contributed by atoms with Crippen LogP contribution in [0.5, 0.6) is 11.5 Å². The Balaban J connectivity index is 2.02. The van der Waals surface area contributed by atoms with E-state index in [0.29, 0.717) is 35.6 Å². The zero-order valence-electron chi connectivity index (χ0n) is 17.5. The number of esters is 1. The van der Waals surface area contributed by atoms with Gasteiger partial charge in [-0.15, -0.1) is 0 Å². The lowest BCUT2D eigenvalue weighted by molar-refractivity contribution is 0.0728. The summed E-state index contributed by atoms with van der Waals surface area (Å²) in [4.78, 5) is 13.0. The van der Waals surface area contributed by atoms with Crippen LogP contribution in [-0.4, -0.2) is 19.6 Å². The molecule has 3 aromatic carbocycles. The lowest BCUT2D eigenvalue weighted by Gasteiger charge is -2.20. The molecule has 0 bridgehead atoms. The van der Waals surface area contributed by atoms with Crippen LogP contribution in [0.2, 0.25) is 0 Å². The molecule has 0 aliphatic carbocycles. The van der Waals surface area contributed by atoms with Crippen LogP contribution in [0.15, 0.2) is 60.7 Å². The number of hydrogen-bond donors (Lipinski definition) is 1. The minimum absolute atomic E-state index is 0.123. The Labute approximate surface area is 176 Å². The molecule has 0 aliphatic rings. The summed E-state index contributed by atoms with van der Waals surface area (Å²) >= 11 is 0. The van der Waals surface area contributed by atoms with Crippen LogP contribution in [0, 0.1) is 19.7 Å². The van der Waals surface area contributed by atoms with Crippen molar-refractivity contribution in [3.8, 4) is 11.5 Å². The summed E-state index contributed by atoms with van der Waals surface area (Å²) in [7, 11) is 1.82. The van der Waals surface area contributed by atoms with Gasteiger partial charge in [-0.1, -0.05) is 48.5 Å². The molecule has 0 radical (unpaired) electrons. The summed E-state index contributed by atoms with van der Waals surface area (Å²) in [5, 5.41) is 3.04. The maximum absolute atomic E-state index is 15.2. The fourth-order valence-corrected chi connectivity index (χ4v) is 3.35. The highest BCUT2D eigenvalue weighted by Gasteiger charge is 2.26. The van der Waals surface area contributed by atoms with Gasteiger partial charge in [-0.05, 0) is 62.7 Å². The molecule has 0 aromatic heterocycles. The smallest absolute Gasteiger partial charge is 0.347 e. The van der Waals surface area contributed by atoms with E-state index in [9.17, 15) is 4.79 Å². The third-order valence-electron chi connectivity index (χ3n) is 5.00. The molecule has 0 atom stereocenters. The van der Waals surface area contributed by atoms with Crippen LogP contribution >= 0.6 is 0 Å². The molecule has 0 saturated heterocycles. The predicted octanol–water partition coefficient (Wildman–Crippen LogP) is 5.00. The maximum atomic E-state index is 15.2. The molecule has 0 fully saturated rings. The molecule has 3 aromatic rings. The minimum atomic E-state index is -0.635. The molecule has 3 rings (SSSR count). The van der Waals surface area contributed by atoms with Crippen molar-refractivity contribution in [1.29, 1.82) is 0 Å². The van der Waals surface area contributed by atoms with E-state index in [-0.39, 0.29) is 17.7 Å². The summed E-state index contributed by atoms with van der Waals surface area (Å²) < 4.78 is 26.8. The number of nitrogens with one attached hydrogen (secondary N) is 1. The van der Waals surface area contributed by atoms with Gasteiger partial charge in [0.1, 0.15) is 29.5 Å². The summed E-state index contributed by atoms with van der Waals surface area (Å²) in [6, 6.07) is 18.4. The normalized spacial score (nSPS) is 10.7. The number of benzene rings is 3. The number of likely N-dealkylation sites (N-methyl/N-ethyl adjacent to an activating group) is 1. The SMILES string of the molecule is CNCCc1c(C)c(OCc2ccccc2)c(C(=O)Oc2ccccc2)c(C)c1F. The third kappa shape index (κ3) is 4.86. The van der Waals surface area contributed by atoms with Gasteiger partial charge in [0.25, 0.3) is 0 Å². The average Bonchev–Trinajstić information content (AvgIpc) is 2.76. The Morgan fingerprint density at radius 1 is 0.967 bits per heavy atom. The number of carbonyl (C=O) groups excluding carboxylic acids is 1. The number of halogens is 1. The van der Waals surface area contributed by atoms with Gasteiger partial charge in [0, 0.05) is 5.56 Å². The number of carbonyl (C=O) groups is 1. The standard InChI is InChI=1S/C25H26FNO3/c1-17-21(14-15-27-3)23(26)18(2)22(25(28)30-20-12-8-5-9-13-20)24(17)29-16-19-10-6-4-7-11-19/h4-13,27H,14-16H2,1-3H3. The highest BCUT2D eigenvalue weighted by molar-refractivity contribution is 5.96. The number of rotatable bonds is 8. The fourth-order valence-electron chi connectivity index (χ4n) is 3.35. The summed E-state index contributed by atoms with van der Waals surface area (Å²) in [6.45, 7) is 4.26. The molecule has 0 heterocycles. The number of hydrogen-bond acceptors (Lipinski definition) is 4. The van der Waals surface area contributed by atoms with Gasteiger partial charge in [0.2, 0.25) is 0 Å². The van der Waals surface area contributed by atoms with E-state index in [0.717, 1.165) is 5.56 Å². The van der Waals surface area contributed by atoms with Crippen LogP contribution in [-0.2, 0) is 13.0 Å². The highest BCUT2D eigenvalue weighted by atomic mass is 19.1. The third-order valence-corrected chi connectivity index (χ3v) is 5.00. The minimum Gasteiger partial charge on any atom is -0.488 e. The van der Waals surface area contributed by atoms with E-state index < -0.39 is 11.8 Å². The molecule has 0 unspecified atom stereocenters. The van der Waals surface area contributed by atoms with Gasteiger partial charge < -0.3 is 14.8 Å². The molecular formula is C25H26FNO3. The van der Waals surface area contributed by atoms with E-state index in [2.05, 4.69) is 5.32 Å². The van der Waals surface area contributed by atoms with Gasteiger partial charge in [0.15, 0.2) is 0 Å². The quantitative estimate of drug-likeness (QED) is 0.422. The molecular weight excluding hydrogens is 381 g/mol. The zero-order valence-corrected chi connectivity index (χ0v) is 17.5. The second kappa shape index (κ2) is 10.0. The van der Waals surface area contributed by atoms with Crippen molar-refractivity contribution in [1.82, 2.24) is 5.32 Å². The second-order valence-electron chi connectivity index (χ2n) is 7.08. The van der Waals surface area contributed by atoms with Crippen molar-refractivity contribution in [3.63, 3.8) is 0 Å². The molecule has 0 spiro atoms. The zero-order chi connectivity index (χ0) is 21.5. The highest BCUT2D eigenvalue weighted by Crippen LogP contribution is 2.34. The van der Waals surface area contributed by atoms with Crippen molar-refractivity contribution < 1.29 is 18.7 Å². The van der Waals surface area contributed by atoms with Gasteiger partial charge >= 0.3 is 5.97 Å². The van der Waals surface area contributed by atoms with Crippen LogP contribution < -0.4 is 14.8 Å². The Morgan fingerprint density at radius 3 is 2.23 bits per heavy atom.